The van der Waals surface area contributed by atoms with Crippen LogP contribution >= 0.6 is 11.3 Å². The predicted octanol–water partition coefficient (Wildman–Crippen LogP) is 0.537. The number of hydrogen-bond acceptors (Lipinski definition) is 4. The molecular formula is C10H13N3O2S. The van der Waals surface area contributed by atoms with Gasteiger partial charge in [-0.05, 0) is 30.8 Å². The van der Waals surface area contributed by atoms with Gasteiger partial charge >= 0.3 is 0 Å². The molecule has 0 unspecified atom stereocenters. The highest BCUT2D eigenvalue weighted by Crippen LogP contribution is 2.23. The summed E-state index contributed by atoms with van der Waals surface area (Å²) in [5.41, 5.74) is 5.56. The molecule has 4 N–H and O–H groups in total. The van der Waals surface area contributed by atoms with Crippen LogP contribution in [0.5, 0.6) is 0 Å². The molecule has 1 atom stereocenters. The van der Waals surface area contributed by atoms with Crippen molar-refractivity contribution in [3.63, 3.8) is 0 Å². The minimum Gasteiger partial charge on any atom is -0.366 e. The number of amides is 2. The number of nitrogens with one attached hydrogen (secondary N) is 2. The number of primary amides is 1. The third-order valence-corrected chi connectivity index (χ3v) is 3.37. The molecule has 0 aliphatic carbocycles. The zero-order chi connectivity index (χ0) is 11.5. The molecule has 1 aromatic rings. The first kappa shape index (κ1) is 11.1. The van der Waals surface area contributed by atoms with Crippen LogP contribution in [0, 0.1) is 0 Å². The molecule has 0 bridgehead atoms. The van der Waals surface area contributed by atoms with E-state index in [1.54, 1.807) is 11.4 Å². The van der Waals surface area contributed by atoms with E-state index in [0.29, 0.717) is 10.6 Å². The summed E-state index contributed by atoms with van der Waals surface area (Å²) in [4.78, 5) is 22.8. The van der Waals surface area contributed by atoms with Gasteiger partial charge in [-0.15, -0.1) is 11.3 Å². The Bertz CT molecular complexity index is 410. The Kier molecular flexibility index (Phi) is 3.21. The Morgan fingerprint density at radius 2 is 2.38 bits per heavy atom. The van der Waals surface area contributed by atoms with E-state index in [4.69, 9.17) is 5.73 Å². The quantitative estimate of drug-likeness (QED) is 0.719. The van der Waals surface area contributed by atoms with Gasteiger partial charge in [-0.3, -0.25) is 9.59 Å². The molecule has 0 radical (unpaired) electrons. The molecule has 1 aliphatic rings. The van der Waals surface area contributed by atoms with E-state index >= 15 is 0 Å². The van der Waals surface area contributed by atoms with E-state index in [9.17, 15) is 9.59 Å². The normalized spacial score (nSPS) is 19.6. The van der Waals surface area contributed by atoms with Gasteiger partial charge in [0.25, 0.3) is 5.91 Å². The van der Waals surface area contributed by atoms with Gasteiger partial charge in [0.2, 0.25) is 5.91 Å². The van der Waals surface area contributed by atoms with Gasteiger partial charge in [-0.2, -0.15) is 0 Å². The van der Waals surface area contributed by atoms with Crippen molar-refractivity contribution in [3.8, 4) is 0 Å². The highest BCUT2D eigenvalue weighted by molar-refractivity contribution is 7.14. The molecule has 5 nitrogen and oxygen atoms in total. The lowest BCUT2D eigenvalue weighted by atomic mass is 10.2. The van der Waals surface area contributed by atoms with Crippen molar-refractivity contribution in [2.24, 2.45) is 5.73 Å². The van der Waals surface area contributed by atoms with E-state index in [2.05, 4.69) is 10.6 Å². The van der Waals surface area contributed by atoms with Gasteiger partial charge in [-0.25, -0.2) is 0 Å². The van der Waals surface area contributed by atoms with Gasteiger partial charge in [0.05, 0.1) is 11.6 Å². The topological polar surface area (TPSA) is 84.2 Å². The van der Waals surface area contributed by atoms with Crippen LogP contribution in [-0.2, 0) is 4.79 Å². The summed E-state index contributed by atoms with van der Waals surface area (Å²) in [5, 5.41) is 8.09. The number of carbonyl (C=O) groups is 2. The molecule has 0 saturated carbocycles. The van der Waals surface area contributed by atoms with Gasteiger partial charge in [0.15, 0.2) is 0 Å². The smallest absolute Gasteiger partial charge is 0.251 e. The molecule has 0 spiro atoms. The third-order valence-electron chi connectivity index (χ3n) is 2.54. The summed E-state index contributed by atoms with van der Waals surface area (Å²) in [6.45, 7) is 0.866. The van der Waals surface area contributed by atoms with Crippen LogP contribution in [0.1, 0.15) is 23.2 Å². The molecule has 16 heavy (non-hydrogen) atoms. The molecule has 0 aromatic carbocycles. The van der Waals surface area contributed by atoms with Crippen molar-refractivity contribution in [3.05, 3.63) is 17.0 Å². The summed E-state index contributed by atoms with van der Waals surface area (Å²) in [7, 11) is 0. The monoisotopic (exact) mass is 239 g/mol. The first-order chi connectivity index (χ1) is 7.68. The fourth-order valence-electron chi connectivity index (χ4n) is 1.71. The zero-order valence-electron chi connectivity index (χ0n) is 8.66. The maximum atomic E-state index is 11.8. The molecule has 6 heteroatoms. The van der Waals surface area contributed by atoms with Crippen LogP contribution in [0.3, 0.4) is 0 Å². The second-order valence-electron chi connectivity index (χ2n) is 3.67. The first-order valence-electron chi connectivity index (χ1n) is 5.10. The fraction of sp³-hybridized carbons (Fsp3) is 0.400. The average Bonchev–Trinajstić information content (AvgIpc) is 2.86. The third kappa shape index (κ3) is 2.23. The van der Waals surface area contributed by atoms with Gasteiger partial charge < -0.3 is 16.4 Å². The van der Waals surface area contributed by atoms with Crippen molar-refractivity contribution in [1.29, 1.82) is 0 Å². The Labute approximate surface area is 97.0 Å². The van der Waals surface area contributed by atoms with Crippen molar-refractivity contribution >= 4 is 28.2 Å². The van der Waals surface area contributed by atoms with E-state index in [-0.39, 0.29) is 11.9 Å². The van der Waals surface area contributed by atoms with E-state index in [0.717, 1.165) is 19.4 Å². The van der Waals surface area contributed by atoms with Crippen LogP contribution in [0.15, 0.2) is 11.4 Å². The van der Waals surface area contributed by atoms with Crippen molar-refractivity contribution in [2.45, 2.75) is 18.9 Å². The summed E-state index contributed by atoms with van der Waals surface area (Å²) < 4.78 is 0. The number of rotatable bonds is 3. The summed E-state index contributed by atoms with van der Waals surface area (Å²) in [5.74, 6) is -0.613. The molecule has 2 rings (SSSR count). The maximum absolute atomic E-state index is 11.8. The van der Waals surface area contributed by atoms with Gasteiger partial charge in [-0.1, -0.05) is 0 Å². The minimum absolute atomic E-state index is 0.0950. The lowest BCUT2D eigenvalue weighted by Gasteiger charge is -2.10. The Balaban J connectivity index is 2.05. The number of anilines is 1. The van der Waals surface area contributed by atoms with Gasteiger partial charge in [0, 0.05) is 0 Å². The van der Waals surface area contributed by atoms with Crippen LogP contribution in [-0.4, -0.2) is 24.4 Å². The van der Waals surface area contributed by atoms with Crippen LogP contribution in [0.4, 0.5) is 5.00 Å². The van der Waals surface area contributed by atoms with Crippen molar-refractivity contribution < 1.29 is 9.59 Å². The zero-order valence-corrected chi connectivity index (χ0v) is 9.47. The standard InChI is InChI=1S/C10H13N3O2S/c11-8(14)6-3-5-16-10(6)13-9(15)7-2-1-4-12-7/h3,5,7,12H,1-2,4H2,(H2,11,14)(H,13,15)/t7-/m0/s1. The molecular weight excluding hydrogens is 226 g/mol. The summed E-state index contributed by atoms with van der Waals surface area (Å²) in [6, 6.07) is 1.47. The predicted molar refractivity (Wildman–Crippen MR) is 62.5 cm³/mol. The fourth-order valence-corrected chi connectivity index (χ4v) is 2.50. The van der Waals surface area contributed by atoms with E-state index < -0.39 is 5.91 Å². The lowest BCUT2D eigenvalue weighted by Crippen LogP contribution is -2.35. The van der Waals surface area contributed by atoms with Crippen LogP contribution < -0.4 is 16.4 Å². The first-order valence-corrected chi connectivity index (χ1v) is 5.98. The molecule has 1 aromatic heterocycles. The number of thiophene rings is 1. The Morgan fingerprint density at radius 1 is 1.56 bits per heavy atom. The highest BCUT2D eigenvalue weighted by atomic mass is 32.1. The maximum Gasteiger partial charge on any atom is 0.251 e. The number of hydrogen-bond donors (Lipinski definition) is 3. The second-order valence-corrected chi connectivity index (χ2v) is 4.58. The summed E-state index contributed by atoms with van der Waals surface area (Å²) in [6.07, 6.45) is 1.84. The average molecular weight is 239 g/mol. The molecule has 1 saturated heterocycles. The molecule has 1 aliphatic heterocycles. The van der Waals surface area contributed by atoms with Gasteiger partial charge in [0.1, 0.15) is 5.00 Å². The van der Waals surface area contributed by atoms with E-state index in [1.807, 2.05) is 0 Å². The second kappa shape index (κ2) is 4.63. The molecule has 1 fully saturated rings. The molecule has 86 valence electrons. The summed E-state index contributed by atoms with van der Waals surface area (Å²) >= 11 is 1.30. The van der Waals surface area contributed by atoms with Crippen LogP contribution in [0.25, 0.3) is 0 Å². The highest BCUT2D eigenvalue weighted by Gasteiger charge is 2.23. The number of nitrogens with two attached hydrogens (primary N) is 1. The van der Waals surface area contributed by atoms with Crippen molar-refractivity contribution in [1.82, 2.24) is 5.32 Å². The van der Waals surface area contributed by atoms with E-state index in [1.165, 1.54) is 11.3 Å². The van der Waals surface area contributed by atoms with Crippen LogP contribution in [0.2, 0.25) is 0 Å². The van der Waals surface area contributed by atoms with Crippen molar-refractivity contribution in [2.75, 3.05) is 11.9 Å². The Hall–Kier alpha value is -1.40. The Morgan fingerprint density at radius 3 is 3.00 bits per heavy atom. The molecule has 2 amide bonds. The SMILES string of the molecule is NC(=O)c1ccsc1NC(=O)[C@@H]1CCCN1. The minimum atomic E-state index is -0.518. The largest absolute Gasteiger partial charge is 0.366 e. The number of carbonyl (C=O) groups excluding carboxylic acids is 2. The molecule has 2 heterocycles. The lowest BCUT2D eigenvalue weighted by molar-refractivity contribution is -0.117.